The van der Waals surface area contributed by atoms with Gasteiger partial charge in [0.05, 0.1) is 11.9 Å². The van der Waals surface area contributed by atoms with Crippen LogP contribution in [0.5, 0.6) is 0 Å². The molecule has 5 rings (SSSR count). The summed E-state index contributed by atoms with van der Waals surface area (Å²) in [4.78, 5) is 10.1. The van der Waals surface area contributed by atoms with E-state index in [1.54, 1.807) is 12.5 Å². The Kier molecular flexibility index (Phi) is 4.10. The summed E-state index contributed by atoms with van der Waals surface area (Å²) in [5, 5.41) is 6.51. The summed E-state index contributed by atoms with van der Waals surface area (Å²) in [6.45, 7) is 0.413. The molecule has 0 radical (unpaired) electrons. The van der Waals surface area contributed by atoms with Gasteiger partial charge in [-0.15, -0.1) is 0 Å². The van der Waals surface area contributed by atoms with Gasteiger partial charge in [-0.05, 0) is 22.4 Å². The minimum Gasteiger partial charge on any atom is -0.432 e. The van der Waals surface area contributed by atoms with Crippen LogP contribution in [0, 0.1) is 0 Å². The predicted molar refractivity (Wildman–Crippen MR) is 109 cm³/mol. The summed E-state index contributed by atoms with van der Waals surface area (Å²) in [6, 6.07) is 24.5. The third-order valence-electron chi connectivity index (χ3n) is 4.65. The fraction of sp³-hybridized carbons (Fsp3) is 0.0435. The van der Waals surface area contributed by atoms with Crippen LogP contribution in [-0.4, -0.2) is 15.6 Å². The van der Waals surface area contributed by atoms with Crippen molar-refractivity contribution in [2.75, 3.05) is 0 Å². The molecule has 5 heteroatoms. The van der Waals surface area contributed by atoms with E-state index in [1.165, 1.54) is 5.39 Å². The van der Waals surface area contributed by atoms with Gasteiger partial charge in [0, 0.05) is 11.8 Å². The molecule has 2 aromatic heterocycles. The second kappa shape index (κ2) is 7.04. The highest BCUT2D eigenvalue weighted by atomic mass is 16.6. The van der Waals surface area contributed by atoms with Gasteiger partial charge in [-0.3, -0.25) is 4.40 Å². The molecule has 0 fully saturated rings. The highest BCUT2D eigenvalue weighted by Crippen LogP contribution is 2.27. The zero-order valence-electron chi connectivity index (χ0n) is 15.0. The van der Waals surface area contributed by atoms with Gasteiger partial charge in [0.2, 0.25) is 0 Å². The Morgan fingerprint density at radius 3 is 2.68 bits per heavy atom. The molecule has 0 saturated carbocycles. The van der Waals surface area contributed by atoms with Crippen LogP contribution in [0.3, 0.4) is 0 Å². The zero-order valence-corrected chi connectivity index (χ0v) is 15.0. The summed E-state index contributed by atoms with van der Waals surface area (Å²) in [7, 11) is 0. The maximum atomic E-state index is 5.48. The van der Waals surface area contributed by atoms with Crippen molar-refractivity contribution < 1.29 is 9.25 Å². The quantitative estimate of drug-likeness (QED) is 0.313. The highest BCUT2D eigenvalue weighted by molar-refractivity contribution is 5.92. The lowest BCUT2D eigenvalue weighted by atomic mass is 10.0. The van der Waals surface area contributed by atoms with E-state index >= 15 is 0 Å². The first-order valence-electron chi connectivity index (χ1n) is 9.02. The number of hydrogen-bond donors (Lipinski definition) is 0. The smallest absolute Gasteiger partial charge is 0.306 e. The molecule has 3 aromatic carbocycles. The van der Waals surface area contributed by atoms with Gasteiger partial charge in [-0.25, -0.2) is 0 Å². The van der Waals surface area contributed by atoms with Gasteiger partial charge in [0.1, 0.15) is 18.6 Å². The van der Waals surface area contributed by atoms with Crippen LogP contribution in [0.2, 0.25) is 0 Å². The number of rotatable bonds is 5. The average Bonchev–Trinajstić information content (AvgIpc) is 3.34. The molecule has 0 N–H and O–H groups in total. The summed E-state index contributed by atoms with van der Waals surface area (Å²) < 4.78 is 7.33. The monoisotopic (exact) mass is 367 g/mol. The normalized spacial score (nSPS) is 11.6. The third kappa shape index (κ3) is 3.03. The Morgan fingerprint density at radius 2 is 1.79 bits per heavy atom. The molecule has 5 aromatic rings. The van der Waals surface area contributed by atoms with Crippen molar-refractivity contribution in [3.63, 3.8) is 0 Å². The van der Waals surface area contributed by atoms with Crippen molar-refractivity contribution in [3.8, 4) is 11.3 Å². The van der Waals surface area contributed by atoms with Crippen molar-refractivity contribution in [1.82, 2.24) is 9.38 Å². The number of oxime groups is 1. The Hall–Kier alpha value is -3.86. The van der Waals surface area contributed by atoms with Crippen molar-refractivity contribution >= 4 is 22.8 Å². The molecule has 0 amide bonds. The van der Waals surface area contributed by atoms with Crippen LogP contribution in [-0.2, 0) is 11.4 Å². The molecule has 0 spiro atoms. The summed E-state index contributed by atoms with van der Waals surface area (Å²) >= 11 is 0. The molecule has 28 heavy (non-hydrogen) atoms. The summed E-state index contributed by atoms with van der Waals surface area (Å²) in [6.07, 6.45) is 5.11. The van der Waals surface area contributed by atoms with Crippen LogP contribution < -0.4 is 0 Å². The SMILES string of the molecule is C(=N\OCc1ccccc1)/c1c(-c2ccc3ccccc3c2)nc2occn12. The van der Waals surface area contributed by atoms with Gasteiger partial charge in [0.15, 0.2) is 0 Å². The van der Waals surface area contributed by atoms with E-state index in [9.17, 15) is 0 Å². The number of nitrogens with zero attached hydrogens (tertiary/aromatic N) is 3. The number of hydrogen-bond acceptors (Lipinski definition) is 4. The fourth-order valence-electron chi connectivity index (χ4n) is 3.25. The Labute approximate surface area is 161 Å². The number of imidazole rings is 1. The first kappa shape index (κ1) is 16.3. The first-order chi connectivity index (χ1) is 13.9. The van der Waals surface area contributed by atoms with Crippen LogP contribution >= 0.6 is 0 Å². The number of benzene rings is 3. The molecular formula is C23H17N3O2. The second-order valence-electron chi connectivity index (χ2n) is 6.46. The van der Waals surface area contributed by atoms with E-state index < -0.39 is 0 Å². The molecule has 0 saturated heterocycles. The average molecular weight is 367 g/mol. The summed E-state index contributed by atoms with van der Waals surface area (Å²) in [5.74, 6) is 0.521. The van der Waals surface area contributed by atoms with Gasteiger partial charge in [-0.1, -0.05) is 71.9 Å². The van der Waals surface area contributed by atoms with Crippen molar-refractivity contribution in [2.45, 2.75) is 6.61 Å². The maximum Gasteiger partial charge on any atom is 0.306 e. The number of oxazole rings is 1. The maximum absolute atomic E-state index is 5.48. The predicted octanol–water partition coefficient (Wildman–Crippen LogP) is 5.30. The van der Waals surface area contributed by atoms with E-state index in [2.05, 4.69) is 40.5 Å². The van der Waals surface area contributed by atoms with Gasteiger partial charge >= 0.3 is 5.84 Å². The molecule has 0 unspecified atom stereocenters. The van der Waals surface area contributed by atoms with Crippen LogP contribution in [0.1, 0.15) is 11.3 Å². The van der Waals surface area contributed by atoms with E-state index in [0.29, 0.717) is 12.5 Å². The zero-order chi connectivity index (χ0) is 18.8. The third-order valence-corrected chi connectivity index (χ3v) is 4.65. The molecule has 0 aliphatic rings. The molecule has 5 nitrogen and oxygen atoms in total. The lowest BCUT2D eigenvalue weighted by Gasteiger charge is -2.03. The Morgan fingerprint density at radius 1 is 0.964 bits per heavy atom. The molecule has 0 bridgehead atoms. The van der Waals surface area contributed by atoms with E-state index in [0.717, 1.165) is 27.9 Å². The van der Waals surface area contributed by atoms with Crippen molar-refractivity contribution in [3.05, 3.63) is 96.5 Å². The molecule has 0 atom stereocenters. The van der Waals surface area contributed by atoms with E-state index in [-0.39, 0.29) is 0 Å². The largest absolute Gasteiger partial charge is 0.432 e. The van der Waals surface area contributed by atoms with Gasteiger partial charge < -0.3 is 9.25 Å². The van der Waals surface area contributed by atoms with E-state index in [1.807, 2.05) is 53.1 Å². The lowest BCUT2D eigenvalue weighted by molar-refractivity contribution is 0.132. The minimum atomic E-state index is 0.413. The summed E-state index contributed by atoms with van der Waals surface area (Å²) in [5.41, 5.74) is 3.68. The highest BCUT2D eigenvalue weighted by Gasteiger charge is 2.15. The molecule has 136 valence electrons. The van der Waals surface area contributed by atoms with Crippen LogP contribution in [0.15, 0.2) is 94.8 Å². The van der Waals surface area contributed by atoms with Gasteiger partial charge in [-0.2, -0.15) is 4.98 Å². The van der Waals surface area contributed by atoms with E-state index in [4.69, 9.17) is 9.25 Å². The first-order valence-corrected chi connectivity index (χ1v) is 9.02. The van der Waals surface area contributed by atoms with Gasteiger partial charge in [0.25, 0.3) is 0 Å². The molecule has 2 heterocycles. The fourth-order valence-corrected chi connectivity index (χ4v) is 3.25. The van der Waals surface area contributed by atoms with Crippen molar-refractivity contribution in [2.24, 2.45) is 5.16 Å². The lowest BCUT2D eigenvalue weighted by Crippen LogP contribution is -1.93. The topological polar surface area (TPSA) is 52.0 Å². The number of fused-ring (bicyclic) bond motifs is 2. The molecule has 0 aliphatic carbocycles. The Bertz CT molecular complexity index is 1270. The van der Waals surface area contributed by atoms with Crippen molar-refractivity contribution in [1.29, 1.82) is 0 Å². The molecule has 0 aliphatic heterocycles. The second-order valence-corrected chi connectivity index (χ2v) is 6.46. The van der Waals surface area contributed by atoms with Crippen LogP contribution in [0.25, 0.3) is 27.9 Å². The Balaban J connectivity index is 1.49. The minimum absolute atomic E-state index is 0.413. The molecular weight excluding hydrogens is 350 g/mol. The van der Waals surface area contributed by atoms with Crippen LogP contribution in [0.4, 0.5) is 0 Å². The number of aromatic nitrogens is 2. The standard InChI is InChI=1S/C23H17N3O2/c1-2-6-17(7-3-1)16-28-24-15-21-22(25-23-26(21)12-13-27-23)20-11-10-18-8-4-5-9-19(18)14-20/h1-15H,16H2/b24-15+.